The molecule has 0 fully saturated rings. The van der Waals surface area contributed by atoms with Crippen molar-refractivity contribution in [3.63, 3.8) is 0 Å². The van der Waals surface area contributed by atoms with Crippen LogP contribution in [-0.2, 0) is 19.1 Å². The van der Waals surface area contributed by atoms with E-state index in [1.807, 2.05) is 19.1 Å². The number of benzene rings is 1. The molecule has 7 heteroatoms. The van der Waals surface area contributed by atoms with Gasteiger partial charge in [-0.1, -0.05) is 25.1 Å². The molecule has 0 aliphatic carbocycles. The van der Waals surface area contributed by atoms with Gasteiger partial charge >= 0.3 is 11.9 Å². The SMILES string of the molecule is COc1ccc([C@H]2OC(=O)C[C@H](O)CC[C@@](C)(O)[C@@H](OC(C)=O)/C=C/[C@@H]2C)cc1. The molecule has 0 unspecified atom stereocenters. The van der Waals surface area contributed by atoms with Crippen molar-refractivity contribution in [1.82, 2.24) is 0 Å². The maximum absolute atomic E-state index is 12.4. The third-order valence-electron chi connectivity index (χ3n) is 5.06. The van der Waals surface area contributed by atoms with Crippen molar-refractivity contribution in [3.8, 4) is 5.75 Å². The van der Waals surface area contributed by atoms with Gasteiger partial charge in [0.25, 0.3) is 0 Å². The summed E-state index contributed by atoms with van der Waals surface area (Å²) >= 11 is 0. The van der Waals surface area contributed by atoms with Gasteiger partial charge in [0.1, 0.15) is 23.6 Å². The molecule has 5 atom stereocenters. The maximum Gasteiger partial charge on any atom is 0.309 e. The van der Waals surface area contributed by atoms with Crippen LogP contribution in [0.15, 0.2) is 36.4 Å². The van der Waals surface area contributed by atoms with Crippen LogP contribution >= 0.6 is 0 Å². The van der Waals surface area contributed by atoms with Crippen LogP contribution < -0.4 is 4.74 Å². The fourth-order valence-corrected chi connectivity index (χ4v) is 3.29. The Balaban J connectivity index is 2.38. The average Bonchev–Trinajstić information content (AvgIpc) is 2.66. The van der Waals surface area contributed by atoms with Crippen LogP contribution in [0.5, 0.6) is 5.75 Å². The first-order chi connectivity index (χ1) is 13.6. The van der Waals surface area contributed by atoms with Gasteiger partial charge in [-0.2, -0.15) is 0 Å². The number of cyclic esters (lactones) is 1. The molecule has 0 amide bonds. The van der Waals surface area contributed by atoms with Crippen LogP contribution in [-0.4, -0.2) is 47.1 Å². The second-order valence-corrected chi connectivity index (χ2v) is 7.71. The van der Waals surface area contributed by atoms with Crippen LogP contribution in [0, 0.1) is 5.92 Å². The number of carbonyl (C=O) groups excluding carboxylic acids is 2. The zero-order valence-corrected chi connectivity index (χ0v) is 17.3. The minimum Gasteiger partial charge on any atom is -0.497 e. The van der Waals surface area contributed by atoms with Crippen LogP contribution in [0.1, 0.15) is 51.7 Å². The molecular formula is C22H30O7. The maximum atomic E-state index is 12.4. The average molecular weight is 406 g/mol. The number of aliphatic hydroxyl groups excluding tert-OH is 1. The highest BCUT2D eigenvalue weighted by Gasteiger charge is 2.35. The molecule has 0 bridgehead atoms. The third kappa shape index (κ3) is 6.58. The molecule has 29 heavy (non-hydrogen) atoms. The van der Waals surface area contributed by atoms with E-state index in [0.717, 1.165) is 5.56 Å². The molecule has 1 aromatic carbocycles. The molecule has 0 saturated heterocycles. The van der Waals surface area contributed by atoms with Crippen molar-refractivity contribution < 1.29 is 34.0 Å². The smallest absolute Gasteiger partial charge is 0.309 e. The van der Waals surface area contributed by atoms with Crippen LogP contribution in [0.3, 0.4) is 0 Å². The number of methoxy groups -OCH3 is 1. The van der Waals surface area contributed by atoms with Gasteiger partial charge in [0, 0.05) is 12.8 Å². The minimum atomic E-state index is -1.39. The van der Waals surface area contributed by atoms with Crippen molar-refractivity contribution in [2.75, 3.05) is 7.11 Å². The monoisotopic (exact) mass is 406 g/mol. The molecule has 0 saturated carbocycles. The van der Waals surface area contributed by atoms with E-state index >= 15 is 0 Å². The Labute approximate surface area is 171 Å². The molecule has 1 heterocycles. The lowest BCUT2D eigenvalue weighted by molar-refractivity contribution is -0.157. The normalized spacial score (nSPS) is 32.3. The topological polar surface area (TPSA) is 102 Å². The van der Waals surface area contributed by atoms with Crippen molar-refractivity contribution in [3.05, 3.63) is 42.0 Å². The number of hydrogen-bond donors (Lipinski definition) is 2. The van der Waals surface area contributed by atoms with Crippen molar-refractivity contribution in [1.29, 1.82) is 0 Å². The quantitative estimate of drug-likeness (QED) is 0.588. The highest BCUT2D eigenvalue weighted by atomic mass is 16.6. The van der Waals surface area contributed by atoms with E-state index in [4.69, 9.17) is 14.2 Å². The van der Waals surface area contributed by atoms with Crippen LogP contribution in [0.2, 0.25) is 0 Å². The lowest BCUT2D eigenvalue weighted by atomic mass is 9.88. The van der Waals surface area contributed by atoms with E-state index in [1.165, 1.54) is 6.92 Å². The summed E-state index contributed by atoms with van der Waals surface area (Å²) in [5.74, 6) is -0.635. The summed E-state index contributed by atoms with van der Waals surface area (Å²) in [6, 6.07) is 7.17. The van der Waals surface area contributed by atoms with Gasteiger partial charge < -0.3 is 24.4 Å². The van der Waals surface area contributed by atoms with Gasteiger partial charge in [0.15, 0.2) is 0 Å². The fraction of sp³-hybridized carbons (Fsp3) is 0.545. The molecular weight excluding hydrogens is 376 g/mol. The number of ether oxygens (including phenoxy) is 3. The zero-order chi connectivity index (χ0) is 21.6. The molecule has 2 rings (SSSR count). The summed E-state index contributed by atoms with van der Waals surface area (Å²) in [5.41, 5.74) is -0.625. The number of aliphatic hydroxyl groups is 2. The summed E-state index contributed by atoms with van der Waals surface area (Å²) in [6.45, 7) is 4.69. The molecule has 0 radical (unpaired) electrons. The standard InChI is InChI=1S/C22H30O7/c1-14-5-10-19(28-15(2)23)22(3,26)12-11-17(24)13-20(25)29-21(14)16-6-8-18(27-4)9-7-16/h5-10,14,17,19,21,24,26H,11-13H2,1-4H3/b10-5+/t14-,17+,19-,21-,22+/m0/s1. The van der Waals surface area contributed by atoms with Gasteiger partial charge in [0.05, 0.1) is 19.6 Å². The van der Waals surface area contributed by atoms with E-state index in [1.54, 1.807) is 38.3 Å². The van der Waals surface area contributed by atoms with E-state index in [-0.39, 0.29) is 25.2 Å². The summed E-state index contributed by atoms with van der Waals surface area (Å²) in [4.78, 5) is 23.9. The largest absolute Gasteiger partial charge is 0.497 e. The lowest BCUT2D eigenvalue weighted by Gasteiger charge is -2.32. The number of esters is 2. The molecule has 2 N–H and O–H groups in total. The first kappa shape index (κ1) is 22.9. The Hall–Kier alpha value is -2.38. The Kier molecular flexibility index (Phi) is 7.81. The van der Waals surface area contributed by atoms with Crippen molar-refractivity contribution >= 4 is 11.9 Å². The molecule has 0 aromatic heterocycles. The highest BCUT2D eigenvalue weighted by molar-refractivity contribution is 5.70. The van der Waals surface area contributed by atoms with E-state index in [9.17, 15) is 19.8 Å². The molecule has 7 nitrogen and oxygen atoms in total. The number of hydrogen-bond acceptors (Lipinski definition) is 7. The Bertz CT molecular complexity index is 723. The third-order valence-corrected chi connectivity index (χ3v) is 5.06. The van der Waals surface area contributed by atoms with E-state index in [0.29, 0.717) is 5.75 Å². The van der Waals surface area contributed by atoms with Crippen LogP contribution in [0.4, 0.5) is 0 Å². The second-order valence-electron chi connectivity index (χ2n) is 7.71. The predicted molar refractivity (Wildman–Crippen MR) is 106 cm³/mol. The summed E-state index contributed by atoms with van der Waals surface area (Å²) in [5, 5.41) is 21.0. The Morgan fingerprint density at radius 1 is 1.24 bits per heavy atom. The summed E-state index contributed by atoms with van der Waals surface area (Å²) in [6.07, 6.45) is 1.04. The first-order valence-corrected chi connectivity index (χ1v) is 9.72. The van der Waals surface area contributed by atoms with Crippen LogP contribution in [0.25, 0.3) is 0 Å². The molecule has 1 aromatic rings. The van der Waals surface area contributed by atoms with E-state index < -0.39 is 35.9 Å². The minimum absolute atomic E-state index is 0.153. The van der Waals surface area contributed by atoms with Gasteiger partial charge in [0.2, 0.25) is 0 Å². The van der Waals surface area contributed by atoms with Gasteiger partial charge in [-0.15, -0.1) is 0 Å². The molecule has 1 aliphatic rings. The summed E-state index contributed by atoms with van der Waals surface area (Å²) < 4.78 is 16.2. The zero-order valence-electron chi connectivity index (χ0n) is 17.3. The molecule has 0 spiro atoms. The second kappa shape index (κ2) is 9.89. The van der Waals surface area contributed by atoms with Gasteiger partial charge in [-0.05, 0) is 43.5 Å². The first-order valence-electron chi connectivity index (χ1n) is 9.72. The lowest BCUT2D eigenvalue weighted by Crippen LogP contribution is -2.42. The van der Waals surface area contributed by atoms with Crippen molar-refractivity contribution in [2.45, 2.75) is 63.9 Å². The molecule has 160 valence electrons. The van der Waals surface area contributed by atoms with Gasteiger partial charge in [-0.3, -0.25) is 9.59 Å². The van der Waals surface area contributed by atoms with Crippen molar-refractivity contribution in [2.24, 2.45) is 5.92 Å². The fourth-order valence-electron chi connectivity index (χ4n) is 3.29. The highest BCUT2D eigenvalue weighted by Crippen LogP contribution is 2.31. The Morgan fingerprint density at radius 3 is 2.48 bits per heavy atom. The van der Waals surface area contributed by atoms with Gasteiger partial charge in [-0.25, -0.2) is 0 Å². The summed E-state index contributed by atoms with van der Waals surface area (Å²) in [7, 11) is 1.57. The number of rotatable bonds is 3. The molecule has 1 aliphatic heterocycles. The van der Waals surface area contributed by atoms with E-state index in [2.05, 4.69) is 0 Å². The number of carbonyl (C=O) groups is 2. The Morgan fingerprint density at radius 2 is 1.90 bits per heavy atom. The predicted octanol–water partition coefficient (Wildman–Crippen LogP) is 2.70.